The van der Waals surface area contributed by atoms with Crippen molar-refractivity contribution in [1.29, 1.82) is 0 Å². The summed E-state index contributed by atoms with van der Waals surface area (Å²) < 4.78 is 5.48. The number of benzene rings is 1. The number of carboxylic acids is 1. The van der Waals surface area contributed by atoms with Gasteiger partial charge in [0.05, 0.1) is 6.61 Å². The lowest BCUT2D eigenvalue weighted by molar-refractivity contribution is -0.132. The number of rotatable bonds is 5. The lowest BCUT2D eigenvalue weighted by atomic mass is 10.2. The Morgan fingerprint density at radius 1 is 1.50 bits per heavy atom. The summed E-state index contributed by atoms with van der Waals surface area (Å²) in [6.45, 7) is 4.07. The molecule has 3 heteroatoms. The van der Waals surface area contributed by atoms with E-state index in [-0.39, 0.29) is 0 Å². The van der Waals surface area contributed by atoms with E-state index in [0.29, 0.717) is 18.6 Å². The monoisotopic (exact) mass is 220 g/mol. The number of hydrogen-bond acceptors (Lipinski definition) is 2. The quantitative estimate of drug-likeness (QED) is 0.613. The van der Waals surface area contributed by atoms with Gasteiger partial charge in [-0.25, -0.2) is 4.79 Å². The van der Waals surface area contributed by atoms with Crippen molar-refractivity contribution in [2.24, 2.45) is 0 Å². The maximum absolute atomic E-state index is 10.5. The average molecular weight is 220 g/mol. The topological polar surface area (TPSA) is 46.5 Å². The van der Waals surface area contributed by atoms with Crippen LogP contribution in [0, 0.1) is 6.92 Å². The van der Waals surface area contributed by atoms with Crippen LogP contribution in [0.5, 0.6) is 5.75 Å². The summed E-state index contributed by atoms with van der Waals surface area (Å²) >= 11 is 0. The van der Waals surface area contributed by atoms with Crippen LogP contribution in [-0.4, -0.2) is 17.7 Å². The van der Waals surface area contributed by atoms with E-state index in [2.05, 4.69) is 0 Å². The van der Waals surface area contributed by atoms with Gasteiger partial charge >= 0.3 is 5.97 Å². The SMILES string of the molecule is CC(=CCCOc1cccc(C)c1)C(=O)O. The Morgan fingerprint density at radius 3 is 2.88 bits per heavy atom. The molecule has 0 radical (unpaired) electrons. The minimum absolute atomic E-state index is 0.354. The fourth-order valence-electron chi connectivity index (χ4n) is 1.24. The van der Waals surface area contributed by atoms with E-state index in [1.54, 1.807) is 13.0 Å². The molecule has 0 amide bonds. The van der Waals surface area contributed by atoms with Crippen LogP contribution >= 0.6 is 0 Å². The van der Waals surface area contributed by atoms with E-state index in [1.807, 2.05) is 31.2 Å². The van der Waals surface area contributed by atoms with Crippen molar-refractivity contribution in [2.75, 3.05) is 6.61 Å². The Labute approximate surface area is 95.4 Å². The third-order valence-electron chi connectivity index (χ3n) is 2.16. The normalized spacial score (nSPS) is 11.2. The predicted octanol–water partition coefficient (Wildman–Crippen LogP) is 2.79. The standard InChI is InChI=1S/C13H16O3/c1-10-5-3-7-12(9-10)16-8-4-6-11(2)13(14)15/h3,5-7,9H,4,8H2,1-2H3,(H,14,15). The van der Waals surface area contributed by atoms with E-state index in [4.69, 9.17) is 9.84 Å². The molecule has 86 valence electrons. The summed E-state index contributed by atoms with van der Waals surface area (Å²) in [6, 6.07) is 7.78. The van der Waals surface area contributed by atoms with Gasteiger partial charge < -0.3 is 9.84 Å². The molecule has 0 aliphatic heterocycles. The zero-order valence-corrected chi connectivity index (χ0v) is 9.56. The molecule has 0 heterocycles. The van der Waals surface area contributed by atoms with Gasteiger partial charge in [-0.3, -0.25) is 0 Å². The van der Waals surface area contributed by atoms with Gasteiger partial charge in [-0.15, -0.1) is 0 Å². The van der Waals surface area contributed by atoms with Crippen molar-refractivity contribution in [3.05, 3.63) is 41.5 Å². The lowest BCUT2D eigenvalue weighted by Gasteiger charge is -2.04. The first kappa shape index (κ1) is 12.3. The molecule has 0 saturated carbocycles. The van der Waals surface area contributed by atoms with Crippen molar-refractivity contribution in [2.45, 2.75) is 20.3 Å². The first-order valence-electron chi connectivity index (χ1n) is 5.19. The largest absolute Gasteiger partial charge is 0.493 e. The van der Waals surface area contributed by atoms with Crippen LogP contribution in [0.4, 0.5) is 0 Å². The van der Waals surface area contributed by atoms with Crippen molar-refractivity contribution >= 4 is 5.97 Å². The molecule has 1 aromatic rings. The first-order valence-corrected chi connectivity index (χ1v) is 5.19. The van der Waals surface area contributed by atoms with Crippen molar-refractivity contribution in [3.8, 4) is 5.75 Å². The van der Waals surface area contributed by atoms with E-state index in [1.165, 1.54) is 0 Å². The van der Waals surface area contributed by atoms with E-state index in [9.17, 15) is 4.79 Å². The van der Waals surface area contributed by atoms with Crippen LogP contribution < -0.4 is 4.74 Å². The number of aliphatic carboxylic acids is 1. The van der Waals surface area contributed by atoms with Crippen molar-refractivity contribution in [3.63, 3.8) is 0 Å². The van der Waals surface area contributed by atoms with Gasteiger partial charge in [0.15, 0.2) is 0 Å². The Kier molecular flexibility index (Phi) is 4.58. The lowest BCUT2D eigenvalue weighted by Crippen LogP contribution is -1.99. The molecule has 1 N–H and O–H groups in total. The van der Waals surface area contributed by atoms with Crippen LogP contribution in [0.15, 0.2) is 35.9 Å². The Hall–Kier alpha value is -1.77. The van der Waals surface area contributed by atoms with Gasteiger partial charge in [0.25, 0.3) is 0 Å². The van der Waals surface area contributed by atoms with Crippen molar-refractivity contribution < 1.29 is 14.6 Å². The summed E-state index contributed by atoms with van der Waals surface area (Å²) in [5.41, 5.74) is 1.50. The molecule has 0 atom stereocenters. The first-order chi connectivity index (χ1) is 7.59. The second-order valence-electron chi connectivity index (χ2n) is 3.65. The van der Waals surface area contributed by atoms with E-state index < -0.39 is 5.97 Å². The Bertz CT molecular complexity index is 394. The van der Waals surface area contributed by atoms with Crippen molar-refractivity contribution in [1.82, 2.24) is 0 Å². The number of aryl methyl sites for hydroxylation is 1. The van der Waals surface area contributed by atoms with Crippen LogP contribution in [-0.2, 0) is 4.79 Å². The van der Waals surface area contributed by atoms with Gasteiger partial charge in [0, 0.05) is 12.0 Å². The van der Waals surface area contributed by atoms with Gasteiger partial charge in [-0.1, -0.05) is 18.2 Å². The second-order valence-corrected chi connectivity index (χ2v) is 3.65. The maximum Gasteiger partial charge on any atom is 0.330 e. The Balaban J connectivity index is 2.36. The molecule has 0 fully saturated rings. The zero-order chi connectivity index (χ0) is 12.0. The van der Waals surface area contributed by atoms with Gasteiger partial charge in [0.2, 0.25) is 0 Å². The van der Waals surface area contributed by atoms with E-state index in [0.717, 1.165) is 11.3 Å². The van der Waals surface area contributed by atoms with E-state index >= 15 is 0 Å². The molecule has 0 aliphatic carbocycles. The van der Waals surface area contributed by atoms with Crippen LogP contribution in [0.25, 0.3) is 0 Å². The molecule has 1 rings (SSSR count). The third kappa shape index (κ3) is 4.17. The smallest absolute Gasteiger partial charge is 0.330 e. The zero-order valence-electron chi connectivity index (χ0n) is 9.56. The molecule has 0 saturated heterocycles. The highest BCUT2D eigenvalue weighted by Crippen LogP contribution is 2.12. The maximum atomic E-state index is 10.5. The fourth-order valence-corrected chi connectivity index (χ4v) is 1.24. The molecule has 0 bridgehead atoms. The molecule has 3 nitrogen and oxygen atoms in total. The summed E-state index contributed by atoms with van der Waals surface area (Å²) in [7, 11) is 0. The second kappa shape index (κ2) is 5.95. The number of hydrogen-bond donors (Lipinski definition) is 1. The van der Waals surface area contributed by atoms with Crippen LogP contribution in [0.3, 0.4) is 0 Å². The summed E-state index contributed by atoms with van der Waals surface area (Å²) in [6.07, 6.45) is 2.27. The van der Waals surface area contributed by atoms with Gasteiger partial charge in [-0.2, -0.15) is 0 Å². The van der Waals surface area contributed by atoms with Crippen LogP contribution in [0.1, 0.15) is 18.9 Å². The number of carboxylic acid groups (broad SMARTS) is 1. The minimum Gasteiger partial charge on any atom is -0.493 e. The van der Waals surface area contributed by atoms with Gasteiger partial charge in [0.1, 0.15) is 5.75 Å². The number of carbonyl (C=O) groups is 1. The highest BCUT2D eigenvalue weighted by molar-refractivity contribution is 5.85. The summed E-state index contributed by atoms with van der Waals surface area (Å²) in [5, 5.41) is 8.63. The molecule has 0 aliphatic rings. The molecule has 1 aromatic carbocycles. The molecule has 0 unspecified atom stereocenters. The molecule has 0 spiro atoms. The number of ether oxygens (including phenoxy) is 1. The molecule has 0 aromatic heterocycles. The van der Waals surface area contributed by atoms with Crippen LogP contribution in [0.2, 0.25) is 0 Å². The average Bonchev–Trinajstić information content (AvgIpc) is 2.24. The molecule has 16 heavy (non-hydrogen) atoms. The third-order valence-corrected chi connectivity index (χ3v) is 2.16. The minimum atomic E-state index is -0.879. The Morgan fingerprint density at radius 2 is 2.25 bits per heavy atom. The summed E-state index contributed by atoms with van der Waals surface area (Å²) in [5.74, 6) is -0.0584. The predicted molar refractivity (Wildman–Crippen MR) is 62.7 cm³/mol. The highest BCUT2D eigenvalue weighted by atomic mass is 16.5. The summed E-state index contributed by atoms with van der Waals surface area (Å²) in [4.78, 5) is 10.5. The molecular weight excluding hydrogens is 204 g/mol. The molecular formula is C13H16O3. The van der Waals surface area contributed by atoms with Gasteiger partial charge in [-0.05, 0) is 31.5 Å². The fraction of sp³-hybridized carbons (Fsp3) is 0.308. The highest BCUT2D eigenvalue weighted by Gasteiger charge is 1.98.